The van der Waals surface area contributed by atoms with E-state index in [-0.39, 0.29) is 18.2 Å². The topological polar surface area (TPSA) is 89.5 Å². The lowest BCUT2D eigenvalue weighted by Crippen LogP contribution is -2.46. The summed E-state index contributed by atoms with van der Waals surface area (Å²) >= 11 is 13.3. The largest absolute Gasteiger partial charge is 0.497 e. The Labute approximate surface area is 241 Å². The van der Waals surface area contributed by atoms with Gasteiger partial charge in [0.1, 0.15) is 11.0 Å². The van der Waals surface area contributed by atoms with E-state index in [0.717, 1.165) is 5.56 Å². The molecular weight excluding hydrogens is 561 g/mol. The van der Waals surface area contributed by atoms with Gasteiger partial charge < -0.3 is 19.5 Å². The van der Waals surface area contributed by atoms with Crippen LogP contribution in [0.15, 0.2) is 65.7 Å². The third kappa shape index (κ3) is 7.17. The molecule has 8 nitrogen and oxygen atoms in total. The first kappa shape index (κ1) is 28.6. The number of amidine groups is 1. The highest BCUT2D eigenvalue weighted by atomic mass is 35.5. The van der Waals surface area contributed by atoms with E-state index in [1.54, 1.807) is 68.7 Å². The molecule has 3 aromatic carbocycles. The van der Waals surface area contributed by atoms with Crippen LogP contribution in [0.5, 0.6) is 17.2 Å². The number of amides is 2. The van der Waals surface area contributed by atoms with Crippen LogP contribution in [0.1, 0.15) is 12.0 Å². The fourth-order valence-corrected chi connectivity index (χ4v) is 5.33. The lowest BCUT2D eigenvalue weighted by atomic mass is 10.1. The summed E-state index contributed by atoms with van der Waals surface area (Å²) in [5.41, 5.74) is 2.09. The predicted molar refractivity (Wildman–Crippen MR) is 156 cm³/mol. The highest BCUT2D eigenvalue weighted by Gasteiger charge is 2.36. The van der Waals surface area contributed by atoms with Crippen LogP contribution in [0, 0.1) is 0 Å². The van der Waals surface area contributed by atoms with Crippen molar-refractivity contribution in [1.29, 1.82) is 0 Å². The van der Waals surface area contributed by atoms with Gasteiger partial charge in [-0.25, -0.2) is 4.99 Å². The van der Waals surface area contributed by atoms with E-state index in [4.69, 9.17) is 42.4 Å². The number of carbonyl (C=O) groups is 2. The van der Waals surface area contributed by atoms with Gasteiger partial charge in [-0.1, -0.05) is 41.0 Å². The van der Waals surface area contributed by atoms with E-state index in [1.807, 2.05) is 18.2 Å². The van der Waals surface area contributed by atoms with Crippen LogP contribution in [0.4, 0.5) is 11.4 Å². The number of nitrogens with zero attached hydrogens (tertiary/aromatic N) is 2. The molecule has 1 saturated heterocycles. The molecule has 11 heteroatoms. The highest BCUT2D eigenvalue weighted by molar-refractivity contribution is 8.15. The normalized spacial score (nSPS) is 16.2. The number of methoxy groups -OCH3 is 3. The van der Waals surface area contributed by atoms with Crippen molar-refractivity contribution in [3.8, 4) is 17.2 Å². The Morgan fingerprint density at radius 2 is 1.72 bits per heavy atom. The SMILES string of the molecule is COc1ccc(N=C2SC(C(=O)Nc3ccc(Cl)c(Cl)c3)CC(=O)N2CCc2ccc(OC)c(OC)c2)cc1. The van der Waals surface area contributed by atoms with Crippen molar-refractivity contribution in [2.45, 2.75) is 18.1 Å². The minimum atomic E-state index is -0.679. The van der Waals surface area contributed by atoms with Gasteiger partial charge in [-0.15, -0.1) is 0 Å². The summed E-state index contributed by atoms with van der Waals surface area (Å²) in [6.45, 7) is 0.372. The molecule has 0 saturated carbocycles. The lowest BCUT2D eigenvalue weighted by molar-refractivity contribution is -0.129. The molecular formula is C28H27Cl2N3O5S. The van der Waals surface area contributed by atoms with Crippen LogP contribution < -0.4 is 19.5 Å². The summed E-state index contributed by atoms with van der Waals surface area (Å²) in [7, 11) is 4.75. The van der Waals surface area contributed by atoms with Crippen molar-refractivity contribution in [3.63, 3.8) is 0 Å². The number of aliphatic imine (C=N–C) groups is 1. The Kier molecular flexibility index (Phi) is 9.61. The third-order valence-electron chi connectivity index (χ3n) is 5.99. The Morgan fingerprint density at radius 1 is 0.974 bits per heavy atom. The first-order valence-electron chi connectivity index (χ1n) is 12.0. The molecule has 3 aromatic rings. The minimum Gasteiger partial charge on any atom is -0.497 e. The number of ether oxygens (including phenoxy) is 3. The number of halogens is 2. The van der Waals surface area contributed by atoms with Gasteiger partial charge in [-0.05, 0) is 66.6 Å². The number of anilines is 1. The molecule has 0 radical (unpaired) electrons. The first-order valence-corrected chi connectivity index (χ1v) is 13.6. The van der Waals surface area contributed by atoms with Gasteiger partial charge in [0.2, 0.25) is 11.8 Å². The lowest BCUT2D eigenvalue weighted by Gasteiger charge is -2.32. The van der Waals surface area contributed by atoms with Crippen LogP contribution in [-0.4, -0.2) is 55.0 Å². The standard InChI is InChI=1S/C28H27Cl2N3O5S/c1-36-20-8-5-18(6-9-20)32-28-33(13-12-17-4-11-23(37-2)24(14-17)38-3)26(34)16-25(39-28)27(35)31-19-7-10-21(29)22(30)15-19/h4-11,14-15,25H,12-13,16H2,1-3H3,(H,31,35). The van der Waals surface area contributed by atoms with Gasteiger partial charge in [0.25, 0.3) is 0 Å². The van der Waals surface area contributed by atoms with Gasteiger partial charge in [0.15, 0.2) is 16.7 Å². The van der Waals surface area contributed by atoms with E-state index in [9.17, 15) is 9.59 Å². The summed E-state index contributed by atoms with van der Waals surface area (Å²) in [4.78, 5) is 32.8. The maximum atomic E-state index is 13.4. The Bertz CT molecular complexity index is 1380. The van der Waals surface area contributed by atoms with E-state index in [1.165, 1.54) is 11.8 Å². The van der Waals surface area contributed by atoms with Gasteiger partial charge in [-0.3, -0.25) is 14.5 Å². The number of carbonyl (C=O) groups excluding carboxylic acids is 2. The Morgan fingerprint density at radius 3 is 2.38 bits per heavy atom. The maximum absolute atomic E-state index is 13.4. The fraction of sp³-hybridized carbons (Fsp3) is 0.250. The number of rotatable bonds is 9. The van der Waals surface area contributed by atoms with Crippen molar-refractivity contribution in [3.05, 3.63) is 76.3 Å². The highest BCUT2D eigenvalue weighted by Crippen LogP contribution is 2.32. The molecule has 1 atom stereocenters. The zero-order valence-corrected chi connectivity index (χ0v) is 23.9. The molecule has 0 spiro atoms. The molecule has 0 aliphatic carbocycles. The molecule has 2 amide bonds. The van der Waals surface area contributed by atoms with Crippen molar-refractivity contribution < 1.29 is 23.8 Å². The third-order valence-corrected chi connectivity index (χ3v) is 7.92. The molecule has 1 aliphatic heterocycles. The van der Waals surface area contributed by atoms with Gasteiger partial charge in [-0.2, -0.15) is 0 Å². The van der Waals surface area contributed by atoms with Gasteiger partial charge in [0.05, 0.1) is 37.1 Å². The molecule has 1 N–H and O–H groups in total. The van der Waals surface area contributed by atoms with Crippen molar-refractivity contribution in [2.75, 3.05) is 33.2 Å². The number of hydrogen-bond acceptors (Lipinski definition) is 7. The van der Waals surface area contributed by atoms with Crippen LogP contribution >= 0.6 is 35.0 Å². The molecule has 1 unspecified atom stereocenters. The van der Waals surface area contributed by atoms with Crippen molar-refractivity contribution >= 4 is 63.3 Å². The van der Waals surface area contributed by atoms with Gasteiger partial charge in [0, 0.05) is 18.7 Å². The summed E-state index contributed by atoms with van der Waals surface area (Å²) in [6, 6.07) is 17.6. The second kappa shape index (κ2) is 13.1. The van der Waals surface area contributed by atoms with Gasteiger partial charge >= 0.3 is 0 Å². The second-order valence-electron chi connectivity index (χ2n) is 8.51. The Hall–Kier alpha value is -3.40. The predicted octanol–water partition coefficient (Wildman–Crippen LogP) is 6.22. The molecule has 1 fully saturated rings. The van der Waals surface area contributed by atoms with E-state index in [0.29, 0.717) is 56.8 Å². The van der Waals surface area contributed by atoms with Crippen LogP contribution in [0.3, 0.4) is 0 Å². The monoisotopic (exact) mass is 587 g/mol. The molecule has 0 bridgehead atoms. The molecule has 4 rings (SSSR count). The zero-order valence-electron chi connectivity index (χ0n) is 21.6. The van der Waals surface area contributed by atoms with E-state index in [2.05, 4.69) is 5.32 Å². The molecule has 1 heterocycles. The van der Waals surface area contributed by atoms with Crippen LogP contribution in [0.2, 0.25) is 10.0 Å². The molecule has 204 valence electrons. The molecule has 39 heavy (non-hydrogen) atoms. The number of benzene rings is 3. The Balaban J connectivity index is 1.56. The maximum Gasteiger partial charge on any atom is 0.238 e. The molecule has 0 aromatic heterocycles. The first-order chi connectivity index (χ1) is 18.8. The van der Waals surface area contributed by atoms with E-state index < -0.39 is 5.25 Å². The van der Waals surface area contributed by atoms with Crippen LogP contribution in [0.25, 0.3) is 0 Å². The number of hydrogen-bond donors (Lipinski definition) is 1. The van der Waals surface area contributed by atoms with Crippen LogP contribution in [-0.2, 0) is 16.0 Å². The average Bonchev–Trinajstić information content (AvgIpc) is 2.94. The summed E-state index contributed by atoms with van der Waals surface area (Å²) < 4.78 is 16.0. The quantitative estimate of drug-likeness (QED) is 0.319. The summed E-state index contributed by atoms with van der Waals surface area (Å²) in [5, 5.41) is 3.29. The average molecular weight is 589 g/mol. The molecule has 1 aliphatic rings. The fourth-order valence-electron chi connectivity index (χ4n) is 3.90. The van der Waals surface area contributed by atoms with Crippen molar-refractivity contribution in [1.82, 2.24) is 4.90 Å². The smallest absolute Gasteiger partial charge is 0.238 e. The number of nitrogens with one attached hydrogen (secondary N) is 1. The van der Waals surface area contributed by atoms with Crippen molar-refractivity contribution in [2.24, 2.45) is 4.99 Å². The van der Waals surface area contributed by atoms with E-state index >= 15 is 0 Å². The summed E-state index contributed by atoms with van der Waals surface area (Å²) in [5.74, 6) is 1.41. The minimum absolute atomic E-state index is 0.0192. The summed E-state index contributed by atoms with van der Waals surface area (Å²) in [6.07, 6.45) is 0.569. The second-order valence-corrected chi connectivity index (χ2v) is 10.5. The zero-order chi connectivity index (χ0) is 27.9. The number of thioether (sulfide) groups is 1.